The monoisotopic (exact) mass is 239 g/mol. The highest BCUT2D eigenvalue weighted by Gasteiger charge is 2.29. The third-order valence-corrected chi connectivity index (χ3v) is 3.33. The second-order valence-electron chi connectivity index (χ2n) is 4.45. The van der Waals surface area contributed by atoms with Crippen molar-refractivity contribution in [3.05, 3.63) is 53.9 Å². The Morgan fingerprint density at radius 3 is 3.00 bits per heavy atom. The first-order valence-electron chi connectivity index (χ1n) is 6.10. The third kappa shape index (κ3) is 1.90. The van der Waals surface area contributed by atoms with E-state index < -0.39 is 0 Å². The van der Waals surface area contributed by atoms with E-state index in [1.54, 1.807) is 18.6 Å². The summed E-state index contributed by atoms with van der Waals surface area (Å²) in [5.41, 5.74) is 2.53. The fourth-order valence-electron chi connectivity index (χ4n) is 2.47. The predicted octanol–water partition coefficient (Wildman–Crippen LogP) is 2.17. The molecule has 0 fully saturated rings. The molecule has 0 aromatic carbocycles. The third-order valence-electron chi connectivity index (χ3n) is 3.33. The van der Waals surface area contributed by atoms with E-state index in [2.05, 4.69) is 21.0 Å². The van der Waals surface area contributed by atoms with E-state index in [1.165, 1.54) is 11.8 Å². The molecule has 0 aliphatic heterocycles. The van der Waals surface area contributed by atoms with Gasteiger partial charge in [0.1, 0.15) is 5.69 Å². The fraction of sp³-hybridized carbons (Fsp3) is 0.286. The van der Waals surface area contributed by atoms with Gasteiger partial charge in [-0.15, -0.1) is 0 Å². The van der Waals surface area contributed by atoms with Crippen LogP contribution in [0.15, 0.2) is 36.9 Å². The van der Waals surface area contributed by atoms with Crippen LogP contribution in [0.4, 0.5) is 0 Å². The van der Waals surface area contributed by atoms with Gasteiger partial charge in [-0.3, -0.25) is 14.8 Å². The van der Waals surface area contributed by atoms with Crippen molar-refractivity contribution >= 4 is 5.78 Å². The number of carbonyl (C=O) groups is 1. The first-order valence-corrected chi connectivity index (χ1v) is 6.10. The van der Waals surface area contributed by atoms with E-state index in [1.807, 2.05) is 6.07 Å². The molecule has 2 aromatic heterocycles. The van der Waals surface area contributed by atoms with Crippen LogP contribution in [0.1, 0.15) is 40.5 Å². The SMILES string of the molecule is O=C(c1cnccn1)C1CCCc2cccnc21. The van der Waals surface area contributed by atoms with Crippen LogP contribution in [0.25, 0.3) is 0 Å². The van der Waals surface area contributed by atoms with Crippen molar-refractivity contribution in [2.24, 2.45) is 0 Å². The van der Waals surface area contributed by atoms with Crippen molar-refractivity contribution in [1.82, 2.24) is 15.0 Å². The molecule has 0 spiro atoms. The molecule has 1 atom stereocenters. The molecule has 2 aromatic rings. The molecule has 0 saturated heterocycles. The molecular formula is C14H13N3O. The van der Waals surface area contributed by atoms with Crippen LogP contribution in [0.5, 0.6) is 0 Å². The summed E-state index contributed by atoms with van der Waals surface area (Å²) in [6.07, 6.45) is 9.28. The molecule has 0 amide bonds. The lowest BCUT2D eigenvalue weighted by molar-refractivity contribution is 0.0943. The zero-order chi connectivity index (χ0) is 12.4. The Hall–Kier alpha value is -2.10. The molecule has 0 radical (unpaired) electrons. The standard InChI is InChI=1S/C14H13N3O/c18-14(12-9-15-7-8-16-12)11-5-1-3-10-4-2-6-17-13(10)11/h2,4,6-9,11H,1,3,5H2. The smallest absolute Gasteiger partial charge is 0.191 e. The highest BCUT2D eigenvalue weighted by Crippen LogP contribution is 2.31. The van der Waals surface area contributed by atoms with Crippen LogP contribution in [0.2, 0.25) is 0 Å². The minimum Gasteiger partial charge on any atom is -0.292 e. The van der Waals surface area contributed by atoms with Crippen molar-refractivity contribution in [1.29, 1.82) is 0 Å². The van der Waals surface area contributed by atoms with Gasteiger partial charge in [0.05, 0.1) is 17.8 Å². The number of Topliss-reactive ketones (excluding diaryl/α,β-unsaturated/α-hetero) is 1. The minimum atomic E-state index is -0.161. The summed E-state index contributed by atoms with van der Waals surface area (Å²) in [6, 6.07) is 3.98. The van der Waals surface area contributed by atoms with E-state index in [0.717, 1.165) is 25.0 Å². The highest BCUT2D eigenvalue weighted by molar-refractivity contribution is 5.99. The zero-order valence-electron chi connectivity index (χ0n) is 9.91. The maximum atomic E-state index is 12.4. The minimum absolute atomic E-state index is 0.0303. The van der Waals surface area contributed by atoms with Crippen LogP contribution in [0, 0.1) is 0 Å². The lowest BCUT2D eigenvalue weighted by atomic mass is 9.83. The van der Waals surface area contributed by atoms with Crippen LogP contribution >= 0.6 is 0 Å². The first-order chi connectivity index (χ1) is 8.86. The number of aryl methyl sites for hydroxylation is 1. The second-order valence-corrected chi connectivity index (χ2v) is 4.45. The van der Waals surface area contributed by atoms with Crippen molar-refractivity contribution < 1.29 is 4.79 Å². The van der Waals surface area contributed by atoms with Crippen molar-refractivity contribution in [3.8, 4) is 0 Å². The Kier molecular flexibility index (Phi) is 2.84. The van der Waals surface area contributed by atoms with Crippen molar-refractivity contribution in [2.45, 2.75) is 25.2 Å². The van der Waals surface area contributed by atoms with Crippen LogP contribution in [0.3, 0.4) is 0 Å². The Balaban J connectivity index is 1.97. The summed E-state index contributed by atoms with van der Waals surface area (Å²) in [4.78, 5) is 24.8. The average molecular weight is 239 g/mol. The zero-order valence-corrected chi connectivity index (χ0v) is 9.91. The van der Waals surface area contributed by atoms with Gasteiger partial charge >= 0.3 is 0 Å². The number of hydrogen-bond donors (Lipinski definition) is 0. The largest absolute Gasteiger partial charge is 0.292 e. The van der Waals surface area contributed by atoms with E-state index in [-0.39, 0.29) is 11.7 Å². The van der Waals surface area contributed by atoms with E-state index >= 15 is 0 Å². The molecule has 1 aliphatic rings. The van der Waals surface area contributed by atoms with Crippen LogP contribution in [-0.2, 0) is 6.42 Å². The van der Waals surface area contributed by atoms with Gasteiger partial charge in [0.25, 0.3) is 0 Å². The molecule has 0 bridgehead atoms. The van der Waals surface area contributed by atoms with Gasteiger partial charge in [0, 0.05) is 18.6 Å². The molecule has 0 saturated carbocycles. The molecule has 3 rings (SSSR count). The summed E-state index contributed by atoms with van der Waals surface area (Å²) in [5.74, 6) is -0.130. The molecule has 1 aliphatic carbocycles. The van der Waals surface area contributed by atoms with Gasteiger partial charge in [0.2, 0.25) is 0 Å². The van der Waals surface area contributed by atoms with Gasteiger partial charge in [0.15, 0.2) is 5.78 Å². The lowest BCUT2D eigenvalue weighted by Gasteiger charge is -2.22. The van der Waals surface area contributed by atoms with Gasteiger partial charge in [-0.2, -0.15) is 0 Å². The van der Waals surface area contributed by atoms with Gasteiger partial charge in [-0.1, -0.05) is 6.07 Å². The predicted molar refractivity (Wildman–Crippen MR) is 66.3 cm³/mol. The number of ketones is 1. The summed E-state index contributed by atoms with van der Waals surface area (Å²) in [6.45, 7) is 0. The van der Waals surface area contributed by atoms with Crippen LogP contribution in [-0.4, -0.2) is 20.7 Å². The van der Waals surface area contributed by atoms with Gasteiger partial charge < -0.3 is 0 Å². The molecule has 2 heterocycles. The summed E-state index contributed by atoms with van der Waals surface area (Å²) in [5, 5.41) is 0. The number of rotatable bonds is 2. The van der Waals surface area contributed by atoms with Crippen molar-refractivity contribution in [2.75, 3.05) is 0 Å². The number of nitrogens with zero attached hydrogens (tertiary/aromatic N) is 3. The molecule has 0 N–H and O–H groups in total. The summed E-state index contributed by atoms with van der Waals surface area (Å²) in [7, 11) is 0. The van der Waals surface area contributed by atoms with E-state index in [4.69, 9.17) is 0 Å². The number of hydrogen-bond acceptors (Lipinski definition) is 4. The molecule has 4 heteroatoms. The molecule has 4 nitrogen and oxygen atoms in total. The Labute approximate surface area is 105 Å². The molecule has 90 valence electrons. The average Bonchev–Trinajstić information content (AvgIpc) is 2.47. The van der Waals surface area contributed by atoms with Gasteiger partial charge in [-0.25, -0.2) is 4.98 Å². The lowest BCUT2D eigenvalue weighted by Crippen LogP contribution is -2.21. The van der Waals surface area contributed by atoms with E-state index in [0.29, 0.717) is 5.69 Å². The number of carbonyl (C=O) groups excluding carboxylic acids is 1. The quantitative estimate of drug-likeness (QED) is 0.754. The second kappa shape index (κ2) is 4.64. The summed E-state index contributed by atoms with van der Waals surface area (Å²) >= 11 is 0. The Morgan fingerprint density at radius 2 is 2.17 bits per heavy atom. The molecular weight excluding hydrogens is 226 g/mol. The van der Waals surface area contributed by atoms with Crippen molar-refractivity contribution in [3.63, 3.8) is 0 Å². The number of pyridine rings is 1. The highest BCUT2D eigenvalue weighted by atomic mass is 16.1. The number of fused-ring (bicyclic) bond motifs is 1. The fourth-order valence-corrected chi connectivity index (χ4v) is 2.47. The maximum absolute atomic E-state index is 12.4. The number of aromatic nitrogens is 3. The molecule has 18 heavy (non-hydrogen) atoms. The van der Waals surface area contributed by atoms with E-state index in [9.17, 15) is 4.79 Å². The van der Waals surface area contributed by atoms with Gasteiger partial charge in [-0.05, 0) is 30.9 Å². The molecule has 1 unspecified atom stereocenters. The van der Waals surface area contributed by atoms with Crippen LogP contribution < -0.4 is 0 Å². The normalized spacial score (nSPS) is 18.1. The Morgan fingerprint density at radius 1 is 1.22 bits per heavy atom. The topological polar surface area (TPSA) is 55.7 Å². The summed E-state index contributed by atoms with van der Waals surface area (Å²) < 4.78 is 0. The Bertz CT molecular complexity index is 568. The maximum Gasteiger partial charge on any atom is 0.191 e. The first kappa shape index (κ1) is 11.0.